The molecule has 1 aromatic rings. The SMILES string of the molecule is O=C(C=CC(=O)N1CCCCC1)Nc1ccc(Cl)cn1. The lowest BCUT2D eigenvalue weighted by Gasteiger charge is -2.25. The van der Waals surface area contributed by atoms with Gasteiger partial charge in [-0.2, -0.15) is 0 Å². The average Bonchev–Trinajstić information content (AvgIpc) is 2.48. The van der Waals surface area contributed by atoms with Gasteiger partial charge in [0.05, 0.1) is 5.02 Å². The molecule has 2 rings (SSSR count). The number of nitrogens with zero attached hydrogens (tertiary/aromatic N) is 2. The maximum absolute atomic E-state index is 11.8. The lowest BCUT2D eigenvalue weighted by atomic mass is 10.1. The van der Waals surface area contributed by atoms with Gasteiger partial charge in [-0.05, 0) is 31.4 Å². The molecule has 0 spiro atoms. The van der Waals surface area contributed by atoms with Crippen LogP contribution in [0.1, 0.15) is 19.3 Å². The number of carbonyl (C=O) groups is 2. The van der Waals surface area contributed by atoms with E-state index in [0.717, 1.165) is 32.4 Å². The Hall–Kier alpha value is -1.88. The molecule has 20 heavy (non-hydrogen) atoms. The number of anilines is 1. The minimum Gasteiger partial charge on any atom is -0.339 e. The zero-order chi connectivity index (χ0) is 14.4. The first-order valence-electron chi connectivity index (χ1n) is 6.55. The third-order valence-corrected chi connectivity index (χ3v) is 3.25. The van der Waals surface area contributed by atoms with Crippen LogP contribution in [0.2, 0.25) is 5.02 Å². The largest absolute Gasteiger partial charge is 0.339 e. The highest BCUT2D eigenvalue weighted by atomic mass is 35.5. The topological polar surface area (TPSA) is 62.3 Å². The van der Waals surface area contributed by atoms with Gasteiger partial charge in [0.2, 0.25) is 11.8 Å². The summed E-state index contributed by atoms with van der Waals surface area (Å²) in [6.45, 7) is 1.53. The maximum atomic E-state index is 11.8. The number of amides is 2. The van der Waals surface area contributed by atoms with Gasteiger partial charge >= 0.3 is 0 Å². The Bertz CT molecular complexity index is 508. The number of hydrogen-bond donors (Lipinski definition) is 1. The molecule has 106 valence electrons. The smallest absolute Gasteiger partial charge is 0.249 e. The number of hydrogen-bond acceptors (Lipinski definition) is 3. The van der Waals surface area contributed by atoms with Gasteiger partial charge in [-0.25, -0.2) is 4.98 Å². The molecule has 0 atom stereocenters. The van der Waals surface area contributed by atoms with E-state index in [0.29, 0.717) is 10.8 Å². The molecular formula is C14H16ClN3O2. The van der Waals surface area contributed by atoms with Crippen LogP contribution in [-0.4, -0.2) is 34.8 Å². The van der Waals surface area contributed by atoms with Crippen LogP contribution >= 0.6 is 11.6 Å². The molecule has 1 saturated heterocycles. The standard InChI is InChI=1S/C14H16ClN3O2/c15-11-4-5-12(16-10-11)17-13(19)6-7-14(20)18-8-2-1-3-9-18/h4-7,10H,1-3,8-9H2,(H,16,17,19). The molecule has 1 aromatic heterocycles. The van der Waals surface area contributed by atoms with Gasteiger partial charge in [-0.1, -0.05) is 11.6 Å². The van der Waals surface area contributed by atoms with Crippen molar-refractivity contribution in [2.24, 2.45) is 0 Å². The molecular weight excluding hydrogens is 278 g/mol. The van der Waals surface area contributed by atoms with E-state index in [1.807, 2.05) is 0 Å². The summed E-state index contributed by atoms with van der Waals surface area (Å²) in [5, 5.41) is 3.06. The van der Waals surface area contributed by atoms with Gasteiger partial charge < -0.3 is 10.2 Å². The third-order valence-electron chi connectivity index (χ3n) is 3.02. The van der Waals surface area contributed by atoms with E-state index in [2.05, 4.69) is 10.3 Å². The van der Waals surface area contributed by atoms with Gasteiger partial charge in [0.25, 0.3) is 0 Å². The molecule has 0 radical (unpaired) electrons. The van der Waals surface area contributed by atoms with E-state index >= 15 is 0 Å². The summed E-state index contributed by atoms with van der Waals surface area (Å²) in [5.41, 5.74) is 0. The Balaban J connectivity index is 1.85. The van der Waals surface area contributed by atoms with Crippen molar-refractivity contribution in [1.82, 2.24) is 9.88 Å². The molecule has 0 unspecified atom stereocenters. The van der Waals surface area contributed by atoms with Crippen LogP contribution in [0.4, 0.5) is 5.82 Å². The number of piperidine rings is 1. The Morgan fingerprint density at radius 1 is 1.20 bits per heavy atom. The quantitative estimate of drug-likeness (QED) is 0.870. The van der Waals surface area contributed by atoms with Crippen molar-refractivity contribution in [3.8, 4) is 0 Å². The highest BCUT2D eigenvalue weighted by Crippen LogP contribution is 2.10. The van der Waals surface area contributed by atoms with E-state index in [-0.39, 0.29) is 11.8 Å². The molecule has 0 aliphatic carbocycles. The fraction of sp³-hybridized carbons (Fsp3) is 0.357. The molecule has 6 heteroatoms. The summed E-state index contributed by atoms with van der Waals surface area (Å²) in [6, 6.07) is 3.23. The van der Waals surface area contributed by atoms with Gasteiger partial charge in [-0.15, -0.1) is 0 Å². The van der Waals surface area contributed by atoms with E-state index < -0.39 is 0 Å². The monoisotopic (exact) mass is 293 g/mol. The van der Waals surface area contributed by atoms with Gasteiger partial charge in [0.1, 0.15) is 5.82 Å². The number of likely N-dealkylation sites (tertiary alicyclic amines) is 1. The number of halogens is 1. The molecule has 1 N–H and O–H groups in total. The van der Waals surface area contributed by atoms with Crippen molar-refractivity contribution < 1.29 is 9.59 Å². The Morgan fingerprint density at radius 2 is 1.95 bits per heavy atom. The fourth-order valence-electron chi connectivity index (χ4n) is 1.98. The molecule has 0 saturated carbocycles. The van der Waals surface area contributed by atoms with Crippen molar-refractivity contribution in [1.29, 1.82) is 0 Å². The van der Waals surface area contributed by atoms with Crippen LogP contribution in [0, 0.1) is 0 Å². The van der Waals surface area contributed by atoms with Crippen molar-refractivity contribution in [3.05, 3.63) is 35.5 Å². The van der Waals surface area contributed by atoms with Crippen molar-refractivity contribution in [2.45, 2.75) is 19.3 Å². The van der Waals surface area contributed by atoms with Crippen LogP contribution in [-0.2, 0) is 9.59 Å². The molecule has 2 heterocycles. The molecule has 0 aromatic carbocycles. The first-order chi connectivity index (χ1) is 9.65. The second kappa shape index (κ2) is 7.05. The van der Waals surface area contributed by atoms with Crippen LogP contribution in [0.25, 0.3) is 0 Å². The van der Waals surface area contributed by atoms with Gasteiger partial charge in [0.15, 0.2) is 0 Å². The van der Waals surface area contributed by atoms with Crippen LogP contribution in [0.15, 0.2) is 30.5 Å². The summed E-state index contributed by atoms with van der Waals surface area (Å²) in [4.78, 5) is 29.2. The van der Waals surface area contributed by atoms with Gasteiger partial charge in [-0.3, -0.25) is 9.59 Å². The van der Waals surface area contributed by atoms with Crippen molar-refractivity contribution >= 4 is 29.2 Å². The number of pyridine rings is 1. The highest BCUT2D eigenvalue weighted by Gasteiger charge is 2.13. The van der Waals surface area contributed by atoms with Crippen LogP contribution < -0.4 is 5.32 Å². The maximum Gasteiger partial charge on any atom is 0.249 e. The molecule has 1 aliphatic heterocycles. The first-order valence-corrected chi connectivity index (χ1v) is 6.92. The molecule has 0 bridgehead atoms. The van der Waals surface area contributed by atoms with E-state index in [4.69, 9.17) is 11.6 Å². The molecule has 2 amide bonds. The fourth-order valence-corrected chi connectivity index (χ4v) is 2.10. The van der Waals surface area contributed by atoms with Crippen LogP contribution in [0.3, 0.4) is 0 Å². The first kappa shape index (κ1) is 14.5. The molecule has 1 fully saturated rings. The highest BCUT2D eigenvalue weighted by molar-refractivity contribution is 6.30. The van der Waals surface area contributed by atoms with Gasteiger partial charge in [0, 0.05) is 31.4 Å². The summed E-state index contributed by atoms with van der Waals surface area (Å²) in [5.74, 6) is -0.108. The van der Waals surface area contributed by atoms with E-state index in [9.17, 15) is 9.59 Å². The van der Waals surface area contributed by atoms with Crippen molar-refractivity contribution in [3.63, 3.8) is 0 Å². The lowest BCUT2D eigenvalue weighted by Crippen LogP contribution is -2.34. The van der Waals surface area contributed by atoms with E-state index in [1.165, 1.54) is 18.3 Å². The second-order valence-electron chi connectivity index (χ2n) is 4.57. The summed E-state index contributed by atoms with van der Waals surface area (Å²) >= 11 is 5.70. The second-order valence-corrected chi connectivity index (χ2v) is 5.01. The zero-order valence-electron chi connectivity index (χ0n) is 11.0. The minimum absolute atomic E-state index is 0.121. The number of rotatable bonds is 3. The van der Waals surface area contributed by atoms with Crippen LogP contribution in [0.5, 0.6) is 0 Å². The summed E-state index contributed by atoms with van der Waals surface area (Å²) in [6.07, 6.45) is 7.20. The number of carbonyl (C=O) groups excluding carboxylic acids is 2. The third kappa shape index (κ3) is 4.35. The predicted octanol–water partition coefficient (Wildman–Crippen LogP) is 2.24. The average molecular weight is 294 g/mol. The number of aromatic nitrogens is 1. The van der Waals surface area contributed by atoms with Crippen molar-refractivity contribution in [2.75, 3.05) is 18.4 Å². The predicted molar refractivity (Wildman–Crippen MR) is 77.4 cm³/mol. The lowest BCUT2D eigenvalue weighted by molar-refractivity contribution is -0.127. The van der Waals surface area contributed by atoms with E-state index in [1.54, 1.807) is 17.0 Å². The molecule has 1 aliphatic rings. The Labute approximate surface area is 122 Å². The molecule has 5 nitrogen and oxygen atoms in total. The summed E-state index contributed by atoms with van der Waals surface area (Å²) in [7, 11) is 0. The minimum atomic E-state index is -0.384. The Morgan fingerprint density at radius 3 is 2.60 bits per heavy atom. The number of nitrogens with one attached hydrogen (secondary N) is 1. The zero-order valence-corrected chi connectivity index (χ0v) is 11.8. The Kier molecular flexibility index (Phi) is 5.12. The summed E-state index contributed by atoms with van der Waals surface area (Å²) < 4.78 is 0. The normalized spacial score (nSPS) is 15.3.